The summed E-state index contributed by atoms with van der Waals surface area (Å²) in [5, 5.41) is 11.5. The minimum absolute atomic E-state index is 0.567. The van der Waals surface area contributed by atoms with E-state index in [1.54, 1.807) is 6.33 Å². The van der Waals surface area contributed by atoms with E-state index in [0.717, 1.165) is 43.9 Å². The van der Waals surface area contributed by atoms with Gasteiger partial charge in [0.2, 0.25) is 0 Å². The van der Waals surface area contributed by atoms with Gasteiger partial charge in [0.25, 0.3) is 5.78 Å². The van der Waals surface area contributed by atoms with Crippen molar-refractivity contribution in [2.75, 3.05) is 18.0 Å². The average Bonchev–Trinajstić information content (AvgIpc) is 3.25. The zero-order valence-electron chi connectivity index (χ0n) is 12.6. The first-order valence-corrected chi connectivity index (χ1v) is 7.79. The van der Waals surface area contributed by atoms with Gasteiger partial charge in [0.05, 0.1) is 0 Å². The molecule has 3 aromatic rings. The van der Waals surface area contributed by atoms with E-state index >= 15 is 0 Å². The van der Waals surface area contributed by atoms with Crippen molar-refractivity contribution in [3.8, 4) is 0 Å². The molecule has 22 heavy (non-hydrogen) atoms. The van der Waals surface area contributed by atoms with Gasteiger partial charge >= 0.3 is 0 Å². The summed E-state index contributed by atoms with van der Waals surface area (Å²) in [6.45, 7) is 4.13. The van der Waals surface area contributed by atoms with Gasteiger partial charge in [-0.1, -0.05) is 6.92 Å². The van der Waals surface area contributed by atoms with Crippen LogP contribution in [0.25, 0.3) is 5.78 Å². The van der Waals surface area contributed by atoms with E-state index in [9.17, 15) is 0 Å². The Hall–Kier alpha value is -2.44. The summed E-state index contributed by atoms with van der Waals surface area (Å²) in [5.74, 6) is 2.35. The van der Waals surface area contributed by atoms with E-state index in [1.807, 2.05) is 10.7 Å². The molecule has 0 radical (unpaired) electrons. The van der Waals surface area contributed by atoms with Crippen molar-refractivity contribution < 1.29 is 0 Å². The van der Waals surface area contributed by atoms with E-state index in [1.165, 1.54) is 5.69 Å². The molecule has 1 aliphatic heterocycles. The number of anilines is 1. The summed E-state index contributed by atoms with van der Waals surface area (Å²) in [4.78, 5) is 11.1. The molecule has 0 aliphatic carbocycles. The second kappa shape index (κ2) is 5.40. The van der Waals surface area contributed by atoms with Crippen molar-refractivity contribution in [2.24, 2.45) is 0 Å². The van der Waals surface area contributed by atoms with Crippen LogP contribution in [0.1, 0.15) is 37.1 Å². The van der Waals surface area contributed by atoms with Crippen LogP contribution in [0.3, 0.4) is 0 Å². The Morgan fingerprint density at radius 2 is 2.18 bits per heavy atom. The Morgan fingerprint density at radius 1 is 1.32 bits per heavy atom. The lowest BCUT2D eigenvalue weighted by molar-refractivity contribution is 0.490. The van der Waals surface area contributed by atoms with Crippen LogP contribution in [0.15, 0.2) is 24.7 Å². The van der Waals surface area contributed by atoms with E-state index in [-0.39, 0.29) is 0 Å². The molecule has 0 unspecified atom stereocenters. The predicted molar refractivity (Wildman–Crippen MR) is 82.9 cm³/mol. The minimum Gasteiger partial charge on any atom is -0.356 e. The molecule has 0 bridgehead atoms. The van der Waals surface area contributed by atoms with Crippen LogP contribution in [0.2, 0.25) is 0 Å². The third-order valence-corrected chi connectivity index (χ3v) is 4.43. The van der Waals surface area contributed by atoms with E-state index in [4.69, 9.17) is 0 Å². The molecule has 4 heterocycles. The van der Waals surface area contributed by atoms with E-state index < -0.39 is 0 Å². The Morgan fingerprint density at radius 3 is 2.91 bits per heavy atom. The van der Waals surface area contributed by atoms with Gasteiger partial charge in [0, 0.05) is 42.7 Å². The zero-order valence-corrected chi connectivity index (χ0v) is 12.6. The number of rotatable bonds is 3. The molecule has 1 aliphatic rings. The van der Waals surface area contributed by atoms with Crippen LogP contribution in [0.4, 0.5) is 5.82 Å². The van der Waals surface area contributed by atoms with Crippen LogP contribution in [-0.4, -0.2) is 42.9 Å². The molecule has 7 nitrogen and oxygen atoms in total. The van der Waals surface area contributed by atoms with Crippen molar-refractivity contribution in [1.82, 2.24) is 29.8 Å². The molecule has 0 amide bonds. The van der Waals surface area contributed by atoms with Crippen LogP contribution in [0, 0.1) is 0 Å². The third-order valence-electron chi connectivity index (χ3n) is 4.43. The Labute approximate surface area is 128 Å². The van der Waals surface area contributed by atoms with Crippen molar-refractivity contribution in [2.45, 2.75) is 32.1 Å². The third kappa shape index (κ3) is 2.22. The fourth-order valence-corrected chi connectivity index (χ4v) is 3.16. The molecule has 0 spiro atoms. The highest BCUT2D eigenvalue weighted by molar-refractivity contribution is 5.47. The molecule has 1 saturated heterocycles. The molecule has 0 aromatic carbocycles. The first kappa shape index (κ1) is 13.2. The number of piperidine rings is 1. The Kier molecular flexibility index (Phi) is 3.25. The Balaban J connectivity index is 1.59. The lowest BCUT2D eigenvalue weighted by Crippen LogP contribution is -2.34. The topological polar surface area (TPSA) is 75.0 Å². The fraction of sp³-hybridized carbons (Fsp3) is 0.467. The standard InChI is InChI=1S/C15H19N7/c1-2-12-9-14(22-15(19-12)16-10-18-22)21-7-4-11(5-8-21)13-3-6-17-20-13/h3,6,9-11H,2,4-5,7-8H2,1H3,(H,17,20). The molecule has 1 fully saturated rings. The molecular formula is C15H19N7. The summed E-state index contributed by atoms with van der Waals surface area (Å²) < 4.78 is 1.84. The predicted octanol–water partition coefficient (Wildman–Crippen LogP) is 1.79. The van der Waals surface area contributed by atoms with Gasteiger partial charge in [0.15, 0.2) is 0 Å². The maximum Gasteiger partial charge on any atom is 0.254 e. The van der Waals surface area contributed by atoms with Gasteiger partial charge in [-0.15, -0.1) is 0 Å². The molecule has 0 saturated carbocycles. The van der Waals surface area contributed by atoms with Crippen LogP contribution in [-0.2, 0) is 6.42 Å². The largest absolute Gasteiger partial charge is 0.356 e. The second-order valence-electron chi connectivity index (χ2n) is 5.70. The highest BCUT2D eigenvalue weighted by atomic mass is 15.4. The van der Waals surface area contributed by atoms with Crippen molar-refractivity contribution >= 4 is 11.6 Å². The number of H-pyrrole nitrogens is 1. The first-order chi connectivity index (χ1) is 10.8. The van der Waals surface area contributed by atoms with Crippen LogP contribution < -0.4 is 4.90 Å². The SMILES string of the molecule is CCc1cc(N2CCC(c3ccn[nH]3)CC2)n2ncnc2n1. The number of nitrogens with zero attached hydrogens (tertiary/aromatic N) is 6. The summed E-state index contributed by atoms with van der Waals surface area (Å²) in [5.41, 5.74) is 2.31. The number of fused-ring (bicyclic) bond motifs is 1. The fourth-order valence-electron chi connectivity index (χ4n) is 3.16. The molecule has 1 N–H and O–H groups in total. The molecule has 0 atom stereocenters. The lowest BCUT2D eigenvalue weighted by atomic mass is 9.94. The monoisotopic (exact) mass is 297 g/mol. The van der Waals surface area contributed by atoms with Crippen LogP contribution >= 0.6 is 0 Å². The number of aryl methyl sites for hydroxylation is 1. The van der Waals surface area contributed by atoms with Gasteiger partial charge in [-0.05, 0) is 25.3 Å². The summed E-state index contributed by atoms with van der Waals surface area (Å²) in [6.07, 6.45) is 6.53. The summed E-state index contributed by atoms with van der Waals surface area (Å²) >= 11 is 0. The van der Waals surface area contributed by atoms with Crippen LogP contribution in [0.5, 0.6) is 0 Å². The molecule has 114 valence electrons. The highest BCUT2D eigenvalue weighted by Crippen LogP contribution is 2.29. The zero-order chi connectivity index (χ0) is 14.9. The smallest absolute Gasteiger partial charge is 0.254 e. The molecule has 4 rings (SSSR count). The summed E-state index contributed by atoms with van der Waals surface area (Å²) in [7, 11) is 0. The van der Waals surface area contributed by atoms with Crippen molar-refractivity contribution in [3.05, 3.63) is 36.0 Å². The molecule has 7 heteroatoms. The van der Waals surface area contributed by atoms with E-state index in [0.29, 0.717) is 11.7 Å². The quantitative estimate of drug-likeness (QED) is 0.798. The van der Waals surface area contributed by atoms with E-state index in [2.05, 4.69) is 49.2 Å². The van der Waals surface area contributed by atoms with Gasteiger partial charge in [0.1, 0.15) is 12.1 Å². The number of aromatic nitrogens is 6. The molecular weight excluding hydrogens is 278 g/mol. The summed E-state index contributed by atoms with van der Waals surface area (Å²) in [6, 6.07) is 4.22. The van der Waals surface area contributed by atoms with Gasteiger partial charge < -0.3 is 4.90 Å². The highest BCUT2D eigenvalue weighted by Gasteiger charge is 2.23. The van der Waals surface area contributed by atoms with Crippen molar-refractivity contribution in [3.63, 3.8) is 0 Å². The average molecular weight is 297 g/mol. The Bertz CT molecular complexity index is 753. The lowest BCUT2D eigenvalue weighted by Gasteiger charge is -2.33. The second-order valence-corrected chi connectivity index (χ2v) is 5.70. The minimum atomic E-state index is 0.567. The molecule has 3 aromatic heterocycles. The number of hydrogen-bond donors (Lipinski definition) is 1. The maximum absolute atomic E-state index is 4.51. The number of nitrogens with one attached hydrogen (secondary N) is 1. The van der Waals surface area contributed by atoms with Crippen molar-refractivity contribution in [1.29, 1.82) is 0 Å². The first-order valence-electron chi connectivity index (χ1n) is 7.79. The normalized spacial score (nSPS) is 16.5. The maximum atomic E-state index is 4.51. The number of aromatic amines is 1. The van der Waals surface area contributed by atoms with Gasteiger partial charge in [-0.25, -0.2) is 4.98 Å². The van der Waals surface area contributed by atoms with Gasteiger partial charge in [-0.3, -0.25) is 5.10 Å². The number of hydrogen-bond acceptors (Lipinski definition) is 5. The van der Waals surface area contributed by atoms with Gasteiger partial charge in [-0.2, -0.15) is 19.7 Å².